The quantitative estimate of drug-likeness (QED) is 0.0299. The lowest BCUT2D eigenvalue weighted by Gasteiger charge is -2.29. The second-order valence-electron chi connectivity index (χ2n) is 18.8. The fourth-order valence-electron chi connectivity index (χ4n) is 9.27. The van der Waals surface area contributed by atoms with Gasteiger partial charge in [-0.3, -0.25) is 39.3 Å². The maximum absolute atomic E-state index is 12.4. The van der Waals surface area contributed by atoms with Crippen molar-refractivity contribution in [2.75, 3.05) is 40.4 Å². The summed E-state index contributed by atoms with van der Waals surface area (Å²) in [4.78, 5) is 45.2. The van der Waals surface area contributed by atoms with Crippen LogP contribution in [0.4, 0.5) is 0 Å². The van der Waals surface area contributed by atoms with Gasteiger partial charge in [-0.25, -0.2) is 0 Å². The molecule has 0 saturated heterocycles. The predicted octanol–water partition coefficient (Wildman–Crippen LogP) is 10.6. The van der Waals surface area contributed by atoms with Crippen LogP contribution < -0.4 is 18.9 Å². The number of aromatic nitrogens is 2. The number of aliphatic imine (C=N–C) groups is 2. The van der Waals surface area contributed by atoms with Crippen molar-refractivity contribution in [3.05, 3.63) is 163 Å². The number of benzene rings is 4. The molecule has 16 nitrogen and oxygen atoms in total. The molecule has 0 fully saturated rings. The van der Waals surface area contributed by atoms with Crippen LogP contribution >= 0.6 is 23.2 Å². The van der Waals surface area contributed by atoms with E-state index in [1.165, 1.54) is 0 Å². The van der Waals surface area contributed by atoms with Crippen molar-refractivity contribution in [3.8, 4) is 34.1 Å². The van der Waals surface area contributed by atoms with Crippen LogP contribution in [0.1, 0.15) is 95.2 Å². The highest BCUT2D eigenvalue weighted by Crippen LogP contribution is 2.38. The minimum absolute atomic E-state index is 0.0618. The number of ether oxygens (including phenoxy) is 4. The van der Waals surface area contributed by atoms with Crippen molar-refractivity contribution in [1.29, 1.82) is 0 Å². The van der Waals surface area contributed by atoms with E-state index in [0.717, 1.165) is 55.6 Å². The van der Waals surface area contributed by atoms with Crippen LogP contribution in [0.15, 0.2) is 108 Å². The average molecular weight is 1110 g/mol. The van der Waals surface area contributed by atoms with Crippen LogP contribution in [-0.4, -0.2) is 117 Å². The lowest BCUT2D eigenvalue weighted by molar-refractivity contribution is -0.145. The van der Waals surface area contributed by atoms with Crippen LogP contribution in [0, 0.1) is 13.8 Å². The number of hydrogen-bond donors (Lipinski definition) is 4. The van der Waals surface area contributed by atoms with Crippen LogP contribution in [0.5, 0.6) is 23.0 Å². The summed E-state index contributed by atoms with van der Waals surface area (Å²) >= 11 is 14.0. The molecule has 414 valence electrons. The molecular weight excluding hydrogens is 1040 g/mol. The van der Waals surface area contributed by atoms with E-state index in [4.69, 9.17) is 42.1 Å². The van der Waals surface area contributed by atoms with Crippen molar-refractivity contribution >= 4 is 47.6 Å². The van der Waals surface area contributed by atoms with Crippen LogP contribution in [0.25, 0.3) is 11.1 Å². The number of carboxylic acids is 2. The standard InChI is InChI=1S/C60H70Cl2N6O10/c1-7-17-67(53(15-19-69)59(71)72)33-47-23-51(61)57(25-55(47)75-35-43-21-41(27-63-5)29-65-31-43)77-37-45-11-9-13-49(39(45)3)50-14-10-12-46(40(50)4)38-78-58-26-56(76-36-44-22-42(28-64-6)30-66-32-44)48(24-52(58)62)34-68(18-8-2)54(16-20-70)60(73)74/h9-14,21-32,53-54,69-70H,7-8,15-20,33-38H2,1-6H3,(H,71,72)(H,73,74)/b63-27+,64-28+/t53-,54-/m0/s1. The van der Waals surface area contributed by atoms with Crippen molar-refractivity contribution in [2.45, 2.75) is 105 Å². The Kier molecular flexibility index (Phi) is 23.4. The number of aliphatic hydroxyl groups is 2. The molecule has 0 radical (unpaired) electrons. The molecule has 2 aromatic heterocycles. The lowest BCUT2D eigenvalue weighted by atomic mass is 9.92. The molecule has 0 amide bonds. The molecule has 0 aliphatic heterocycles. The van der Waals surface area contributed by atoms with E-state index >= 15 is 0 Å². The smallest absolute Gasteiger partial charge is 0.321 e. The van der Waals surface area contributed by atoms with Crippen LogP contribution in [-0.2, 0) is 49.1 Å². The van der Waals surface area contributed by atoms with Gasteiger partial charge in [0.15, 0.2) is 0 Å². The van der Waals surface area contributed by atoms with Gasteiger partial charge in [-0.1, -0.05) is 73.4 Å². The highest BCUT2D eigenvalue weighted by molar-refractivity contribution is 6.32. The Morgan fingerprint density at radius 3 is 1.33 bits per heavy atom. The number of hydrogen-bond acceptors (Lipinski definition) is 14. The summed E-state index contributed by atoms with van der Waals surface area (Å²) < 4.78 is 25.9. The average Bonchev–Trinajstić information content (AvgIpc) is 3.41. The predicted molar refractivity (Wildman–Crippen MR) is 305 cm³/mol. The largest absolute Gasteiger partial charge is 0.488 e. The molecule has 0 aliphatic rings. The molecule has 18 heteroatoms. The van der Waals surface area contributed by atoms with Gasteiger partial charge in [0.25, 0.3) is 0 Å². The summed E-state index contributed by atoms with van der Waals surface area (Å²) in [5, 5.41) is 40.4. The van der Waals surface area contributed by atoms with Crippen molar-refractivity contribution in [2.24, 2.45) is 9.98 Å². The Morgan fingerprint density at radius 2 is 0.974 bits per heavy atom. The van der Waals surface area contributed by atoms with Gasteiger partial charge in [0.05, 0.1) is 10.0 Å². The highest BCUT2D eigenvalue weighted by Gasteiger charge is 2.28. The van der Waals surface area contributed by atoms with Gasteiger partial charge in [-0.2, -0.15) is 0 Å². The Hall–Kier alpha value is -6.92. The second kappa shape index (κ2) is 30.3. The minimum Gasteiger partial charge on any atom is -0.488 e. The normalized spacial score (nSPS) is 12.4. The summed E-state index contributed by atoms with van der Waals surface area (Å²) in [5.74, 6) is -0.368. The fourth-order valence-corrected chi connectivity index (χ4v) is 9.75. The number of nitrogens with zero attached hydrogens (tertiary/aromatic N) is 6. The molecule has 0 unspecified atom stereocenters. The zero-order chi connectivity index (χ0) is 56.1. The Morgan fingerprint density at radius 1 is 0.577 bits per heavy atom. The molecule has 2 heterocycles. The van der Waals surface area contributed by atoms with Crippen molar-refractivity contribution in [3.63, 3.8) is 0 Å². The molecule has 6 rings (SSSR count). The summed E-state index contributed by atoms with van der Waals surface area (Å²) in [6, 6.07) is 21.1. The molecule has 0 saturated carbocycles. The number of aliphatic hydroxyl groups excluding tert-OH is 2. The van der Waals surface area contributed by atoms with Gasteiger partial charge < -0.3 is 39.4 Å². The third-order valence-corrected chi connectivity index (χ3v) is 13.8. The first kappa shape index (κ1) is 60.3. The number of rotatable bonds is 31. The maximum Gasteiger partial charge on any atom is 0.321 e. The van der Waals surface area contributed by atoms with Gasteiger partial charge in [0, 0.05) is 123 Å². The van der Waals surface area contributed by atoms with E-state index in [1.54, 1.807) is 75.6 Å². The first-order valence-electron chi connectivity index (χ1n) is 25.9. The molecule has 0 spiro atoms. The zero-order valence-electron chi connectivity index (χ0n) is 45.1. The van der Waals surface area contributed by atoms with Gasteiger partial charge >= 0.3 is 11.9 Å². The molecule has 4 aromatic carbocycles. The molecule has 4 N–H and O–H groups in total. The van der Waals surface area contributed by atoms with Gasteiger partial charge in [-0.05, 0) is 110 Å². The van der Waals surface area contributed by atoms with Crippen LogP contribution in [0.2, 0.25) is 10.0 Å². The van der Waals surface area contributed by atoms with Crippen LogP contribution in [0.3, 0.4) is 0 Å². The number of halogens is 2. The molecule has 6 aromatic rings. The summed E-state index contributed by atoms with van der Waals surface area (Å²) in [6.07, 6.45) is 11.7. The zero-order valence-corrected chi connectivity index (χ0v) is 46.6. The van der Waals surface area contributed by atoms with Gasteiger partial charge in [0.1, 0.15) is 61.5 Å². The van der Waals surface area contributed by atoms with E-state index in [0.29, 0.717) is 70.1 Å². The number of aliphatic carboxylic acids is 2. The van der Waals surface area contributed by atoms with E-state index in [-0.39, 0.29) is 65.6 Å². The maximum atomic E-state index is 12.4. The third-order valence-electron chi connectivity index (χ3n) is 13.2. The molecule has 78 heavy (non-hydrogen) atoms. The summed E-state index contributed by atoms with van der Waals surface area (Å²) in [7, 11) is 3.37. The van der Waals surface area contributed by atoms with Gasteiger partial charge in [-0.15, -0.1) is 0 Å². The number of carboxylic acid groups (broad SMARTS) is 2. The fraction of sp³-hybridized carbons (Fsp3) is 0.367. The third kappa shape index (κ3) is 16.6. The van der Waals surface area contributed by atoms with E-state index in [9.17, 15) is 30.0 Å². The van der Waals surface area contributed by atoms with E-state index < -0.39 is 24.0 Å². The first-order chi connectivity index (χ1) is 37.7. The first-order valence-corrected chi connectivity index (χ1v) is 26.7. The summed E-state index contributed by atoms with van der Waals surface area (Å²) in [6.45, 7) is 9.47. The highest BCUT2D eigenvalue weighted by atomic mass is 35.5. The van der Waals surface area contributed by atoms with Crippen molar-refractivity contribution in [1.82, 2.24) is 19.8 Å². The van der Waals surface area contributed by atoms with Gasteiger partial charge in [0.2, 0.25) is 0 Å². The Labute approximate surface area is 467 Å². The molecule has 2 atom stereocenters. The van der Waals surface area contributed by atoms with Crippen molar-refractivity contribution < 1.29 is 49.0 Å². The number of carbonyl (C=O) groups is 2. The monoisotopic (exact) mass is 1100 g/mol. The Bertz CT molecular complexity index is 2830. The molecular formula is C60H70Cl2N6O10. The minimum atomic E-state index is -1.02. The Balaban J connectivity index is 1.25. The summed E-state index contributed by atoms with van der Waals surface area (Å²) in [5.41, 5.74) is 10.4. The molecule has 0 bridgehead atoms. The SMILES string of the molecule is CCCN(Cc1cc(Cl)c(OCc2cccc(-c3cccc(COc4cc(OCc5cncc(/C=N/C)c5)c(CN(CCC)[C@@H](CCO)C(=O)O)cc4Cl)c3C)c2C)cc1OCc1cncc(/C=N/C)c1)[C@@H](CCO)C(=O)O. The molecule has 0 aliphatic carbocycles. The topological polar surface area (TPSA) is 209 Å². The van der Waals surface area contributed by atoms with E-state index in [2.05, 4.69) is 32.1 Å². The van der Waals surface area contributed by atoms with E-state index in [1.807, 2.05) is 73.9 Å². The number of pyridine rings is 2. The lowest BCUT2D eigenvalue weighted by Crippen LogP contribution is -2.42. The second-order valence-corrected chi connectivity index (χ2v) is 19.6.